The summed E-state index contributed by atoms with van der Waals surface area (Å²) in [6.45, 7) is 7.00. The monoisotopic (exact) mass is 361 g/mol. The summed E-state index contributed by atoms with van der Waals surface area (Å²) in [5.74, 6) is -0.0742. The third-order valence-corrected chi connectivity index (χ3v) is 5.87. The molecule has 3 rings (SSSR count). The average Bonchev–Trinajstić information content (AvgIpc) is 3.26. The van der Waals surface area contributed by atoms with Crippen molar-refractivity contribution in [1.29, 1.82) is 0 Å². The molecule has 7 nitrogen and oxygen atoms in total. The van der Waals surface area contributed by atoms with Crippen LogP contribution >= 0.6 is 11.8 Å². The van der Waals surface area contributed by atoms with Crippen LogP contribution in [0.2, 0.25) is 0 Å². The number of carbonyl (C=O) groups is 2. The Hall–Kier alpha value is -1.96. The SMILES string of the molecule is CC(=O)c1c(C)[nH]c(C(=O)[C@H](C)Sc2nnnn2C2CCCC2)c1C. The minimum Gasteiger partial charge on any atom is -0.355 e. The van der Waals surface area contributed by atoms with E-state index in [1.54, 1.807) is 0 Å². The second-order valence-electron chi connectivity index (χ2n) is 6.65. The zero-order chi connectivity index (χ0) is 18.1. The van der Waals surface area contributed by atoms with Crippen LogP contribution < -0.4 is 0 Å². The van der Waals surface area contributed by atoms with Gasteiger partial charge in [0.15, 0.2) is 11.6 Å². The molecule has 1 atom stereocenters. The van der Waals surface area contributed by atoms with Gasteiger partial charge < -0.3 is 4.98 Å². The largest absolute Gasteiger partial charge is 0.355 e. The Bertz CT molecular complexity index is 804. The van der Waals surface area contributed by atoms with Crippen molar-refractivity contribution in [2.24, 2.45) is 0 Å². The van der Waals surface area contributed by atoms with Crippen LogP contribution in [-0.2, 0) is 0 Å². The molecule has 2 aromatic heterocycles. The van der Waals surface area contributed by atoms with E-state index >= 15 is 0 Å². The molecule has 134 valence electrons. The first-order valence-corrected chi connectivity index (χ1v) is 9.47. The molecule has 0 aromatic carbocycles. The first-order chi connectivity index (χ1) is 11.9. The molecule has 0 aliphatic heterocycles. The number of nitrogens with one attached hydrogen (secondary N) is 1. The maximum Gasteiger partial charge on any atom is 0.210 e. The highest BCUT2D eigenvalue weighted by atomic mass is 32.2. The highest BCUT2D eigenvalue weighted by molar-refractivity contribution is 8.00. The number of hydrogen-bond acceptors (Lipinski definition) is 6. The first-order valence-electron chi connectivity index (χ1n) is 8.59. The molecule has 2 aromatic rings. The van der Waals surface area contributed by atoms with Gasteiger partial charge in [-0.25, -0.2) is 4.68 Å². The molecule has 1 fully saturated rings. The van der Waals surface area contributed by atoms with Crippen molar-refractivity contribution in [2.45, 2.75) is 69.8 Å². The Morgan fingerprint density at radius 2 is 1.96 bits per heavy atom. The molecule has 1 aliphatic carbocycles. The van der Waals surface area contributed by atoms with Crippen molar-refractivity contribution in [2.75, 3.05) is 0 Å². The normalized spacial score (nSPS) is 16.3. The summed E-state index contributed by atoms with van der Waals surface area (Å²) in [6.07, 6.45) is 4.55. The lowest BCUT2D eigenvalue weighted by Gasteiger charge is -2.13. The van der Waals surface area contributed by atoms with Gasteiger partial charge in [-0.05, 0) is 56.5 Å². The Morgan fingerprint density at radius 3 is 2.56 bits per heavy atom. The fourth-order valence-corrected chi connectivity index (χ4v) is 4.50. The summed E-state index contributed by atoms with van der Waals surface area (Å²) in [5, 5.41) is 12.3. The van der Waals surface area contributed by atoms with Gasteiger partial charge in [0.1, 0.15) is 0 Å². The second-order valence-corrected chi connectivity index (χ2v) is 7.96. The Morgan fingerprint density at radius 1 is 1.28 bits per heavy atom. The molecule has 1 saturated carbocycles. The average molecular weight is 361 g/mol. The number of ketones is 2. The van der Waals surface area contributed by atoms with E-state index in [1.165, 1.54) is 31.5 Å². The number of carbonyl (C=O) groups excluding carboxylic acids is 2. The van der Waals surface area contributed by atoms with Gasteiger partial charge in [-0.3, -0.25) is 9.59 Å². The number of tetrazole rings is 1. The minimum absolute atomic E-state index is 0.0317. The van der Waals surface area contributed by atoms with Gasteiger partial charge in [0.25, 0.3) is 0 Å². The van der Waals surface area contributed by atoms with Crippen LogP contribution in [0.5, 0.6) is 0 Å². The van der Waals surface area contributed by atoms with Crippen molar-refractivity contribution in [3.05, 3.63) is 22.5 Å². The number of nitrogens with zero attached hydrogens (tertiary/aromatic N) is 4. The Kier molecular flexibility index (Phi) is 5.08. The van der Waals surface area contributed by atoms with Crippen molar-refractivity contribution in [3.8, 4) is 0 Å². The molecular weight excluding hydrogens is 338 g/mol. The van der Waals surface area contributed by atoms with Crippen molar-refractivity contribution < 1.29 is 9.59 Å². The number of aromatic amines is 1. The van der Waals surface area contributed by atoms with Crippen LogP contribution in [-0.4, -0.2) is 42.0 Å². The standard InChI is InChI=1S/C17H23N5O2S/c1-9-14(11(3)23)10(2)18-15(9)16(24)12(4)25-17-19-20-21-22(17)13-7-5-6-8-13/h12-13,18H,5-8H2,1-4H3/t12-/m0/s1. The van der Waals surface area contributed by atoms with Crippen LogP contribution in [0.3, 0.4) is 0 Å². The van der Waals surface area contributed by atoms with Crippen molar-refractivity contribution in [1.82, 2.24) is 25.2 Å². The molecule has 25 heavy (non-hydrogen) atoms. The van der Waals surface area contributed by atoms with E-state index in [0.717, 1.165) is 24.1 Å². The van der Waals surface area contributed by atoms with Crippen LogP contribution in [0.1, 0.15) is 77.7 Å². The number of Topliss-reactive ketones (excluding diaryl/α,β-unsaturated/α-hetero) is 2. The van der Waals surface area contributed by atoms with Gasteiger partial charge in [0.05, 0.1) is 17.0 Å². The molecule has 0 bridgehead atoms. The van der Waals surface area contributed by atoms with Crippen molar-refractivity contribution in [3.63, 3.8) is 0 Å². The molecule has 1 N–H and O–H groups in total. The van der Waals surface area contributed by atoms with Crippen LogP contribution in [0.25, 0.3) is 0 Å². The third kappa shape index (κ3) is 3.40. The van der Waals surface area contributed by atoms with Crippen LogP contribution in [0.4, 0.5) is 0 Å². The van der Waals surface area contributed by atoms with Gasteiger partial charge in [-0.1, -0.05) is 24.6 Å². The molecule has 0 spiro atoms. The smallest absolute Gasteiger partial charge is 0.210 e. The summed E-state index contributed by atoms with van der Waals surface area (Å²) < 4.78 is 1.86. The zero-order valence-electron chi connectivity index (χ0n) is 15.0. The van der Waals surface area contributed by atoms with E-state index < -0.39 is 0 Å². The molecule has 2 heterocycles. The number of thioether (sulfide) groups is 1. The predicted octanol–water partition coefficient (Wildman–Crippen LogP) is 3.30. The number of hydrogen-bond donors (Lipinski definition) is 1. The molecule has 0 saturated heterocycles. The maximum atomic E-state index is 12.9. The lowest BCUT2D eigenvalue weighted by Crippen LogP contribution is -2.17. The van der Waals surface area contributed by atoms with Gasteiger partial charge >= 0.3 is 0 Å². The first kappa shape index (κ1) is 17.8. The Labute approximate surface area is 151 Å². The maximum absolute atomic E-state index is 12.9. The quantitative estimate of drug-likeness (QED) is 0.627. The summed E-state index contributed by atoms with van der Waals surface area (Å²) in [7, 11) is 0. The van der Waals surface area contributed by atoms with Crippen molar-refractivity contribution >= 4 is 23.3 Å². The fourth-order valence-electron chi connectivity index (χ4n) is 3.58. The highest BCUT2D eigenvalue weighted by Crippen LogP contribution is 2.33. The third-order valence-electron chi connectivity index (χ3n) is 4.82. The number of aromatic nitrogens is 5. The van der Waals surface area contributed by atoms with Gasteiger partial charge in [-0.15, -0.1) is 5.10 Å². The summed E-state index contributed by atoms with van der Waals surface area (Å²) in [4.78, 5) is 27.7. The second kappa shape index (κ2) is 7.11. The summed E-state index contributed by atoms with van der Waals surface area (Å²) in [5.41, 5.74) is 2.57. The van der Waals surface area contributed by atoms with E-state index in [0.29, 0.717) is 22.5 Å². The summed E-state index contributed by atoms with van der Waals surface area (Å²) >= 11 is 1.37. The van der Waals surface area contributed by atoms with E-state index in [2.05, 4.69) is 20.5 Å². The molecule has 8 heteroatoms. The number of rotatable bonds is 6. The van der Waals surface area contributed by atoms with Gasteiger partial charge in [0, 0.05) is 11.3 Å². The predicted molar refractivity (Wildman–Crippen MR) is 95.2 cm³/mol. The highest BCUT2D eigenvalue weighted by Gasteiger charge is 2.27. The molecular formula is C17H23N5O2S. The molecule has 0 radical (unpaired) electrons. The Balaban J connectivity index is 1.79. The molecule has 0 amide bonds. The van der Waals surface area contributed by atoms with E-state index in [-0.39, 0.29) is 16.8 Å². The molecule has 0 unspecified atom stereocenters. The molecule has 1 aliphatic rings. The fraction of sp³-hybridized carbons (Fsp3) is 0.588. The van der Waals surface area contributed by atoms with E-state index in [9.17, 15) is 9.59 Å². The lowest BCUT2D eigenvalue weighted by atomic mass is 10.0. The lowest BCUT2D eigenvalue weighted by molar-refractivity contribution is 0.0988. The minimum atomic E-state index is -0.345. The van der Waals surface area contributed by atoms with Crippen LogP contribution in [0, 0.1) is 13.8 Å². The van der Waals surface area contributed by atoms with Crippen LogP contribution in [0.15, 0.2) is 5.16 Å². The number of H-pyrrole nitrogens is 1. The van der Waals surface area contributed by atoms with E-state index in [4.69, 9.17) is 0 Å². The van der Waals surface area contributed by atoms with Gasteiger partial charge in [-0.2, -0.15) is 0 Å². The topological polar surface area (TPSA) is 93.5 Å². The summed E-state index contributed by atoms with van der Waals surface area (Å²) in [6, 6.07) is 0.332. The number of aryl methyl sites for hydroxylation is 1. The zero-order valence-corrected chi connectivity index (χ0v) is 15.8. The van der Waals surface area contributed by atoms with Gasteiger partial charge in [0.2, 0.25) is 5.16 Å². The van der Waals surface area contributed by atoms with E-state index in [1.807, 2.05) is 25.5 Å².